The van der Waals surface area contributed by atoms with E-state index in [-0.39, 0.29) is 36.2 Å². The zero-order valence-corrected chi connectivity index (χ0v) is 20.0. The van der Waals surface area contributed by atoms with Crippen LogP contribution in [0, 0.1) is 0 Å². The molecule has 0 spiro atoms. The highest BCUT2D eigenvalue weighted by molar-refractivity contribution is 6.31. The molecule has 1 aromatic heterocycles. The number of fused-ring (bicyclic) bond motifs is 1. The number of rotatable bonds is 7. The fraction of sp³-hybridized carbons (Fsp3) is 0.400. The lowest BCUT2D eigenvalue weighted by molar-refractivity contribution is -0.274. The van der Waals surface area contributed by atoms with E-state index in [2.05, 4.69) is 4.74 Å². The van der Waals surface area contributed by atoms with Crippen molar-refractivity contribution in [3.8, 4) is 5.75 Å². The van der Waals surface area contributed by atoms with E-state index < -0.39 is 6.36 Å². The SMILES string of the molecule is COCCn1cc(C(=O)N2CCC(c3cc(CN)ccc3Cl)CC2)c2cccc(OC(F)(F)F)c21. The molecule has 2 N–H and O–H groups in total. The third-order valence-electron chi connectivity index (χ3n) is 6.37. The Labute approximate surface area is 206 Å². The first-order valence-corrected chi connectivity index (χ1v) is 11.7. The van der Waals surface area contributed by atoms with Crippen LogP contribution in [-0.2, 0) is 17.8 Å². The number of halogens is 4. The van der Waals surface area contributed by atoms with Gasteiger partial charge in [-0.05, 0) is 42.0 Å². The van der Waals surface area contributed by atoms with E-state index in [1.165, 1.54) is 19.2 Å². The number of methoxy groups -OCH3 is 1. The van der Waals surface area contributed by atoms with E-state index in [4.69, 9.17) is 22.1 Å². The maximum absolute atomic E-state index is 13.5. The van der Waals surface area contributed by atoms with Gasteiger partial charge in [-0.25, -0.2) is 0 Å². The zero-order valence-electron chi connectivity index (χ0n) is 19.3. The van der Waals surface area contributed by atoms with Crippen molar-refractivity contribution in [3.05, 3.63) is 64.3 Å². The molecule has 35 heavy (non-hydrogen) atoms. The van der Waals surface area contributed by atoms with Crippen LogP contribution in [0.4, 0.5) is 13.2 Å². The monoisotopic (exact) mass is 509 g/mol. The van der Waals surface area contributed by atoms with Crippen molar-refractivity contribution in [2.75, 3.05) is 26.8 Å². The Balaban J connectivity index is 1.59. The maximum atomic E-state index is 13.5. The summed E-state index contributed by atoms with van der Waals surface area (Å²) in [6, 6.07) is 10.1. The van der Waals surface area contributed by atoms with Crippen molar-refractivity contribution in [1.82, 2.24) is 9.47 Å². The first-order chi connectivity index (χ1) is 16.7. The molecule has 6 nitrogen and oxygen atoms in total. The number of likely N-dealkylation sites (tertiary alicyclic amines) is 1. The number of benzene rings is 2. The molecule has 1 amide bonds. The Morgan fingerprint density at radius 2 is 1.94 bits per heavy atom. The topological polar surface area (TPSA) is 69.7 Å². The number of hydrogen-bond donors (Lipinski definition) is 1. The minimum absolute atomic E-state index is 0.202. The maximum Gasteiger partial charge on any atom is 0.573 e. The fourth-order valence-electron chi connectivity index (χ4n) is 4.67. The second-order valence-electron chi connectivity index (χ2n) is 8.56. The molecule has 1 fully saturated rings. The van der Waals surface area contributed by atoms with Gasteiger partial charge in [-0.1, -0.05) is 35.9 Å². The van der Waals surface area contributed by atoms with E-state index in [1.54, 1.807) is 21.7 Å². The normalized spacial score (nSPS) is 15.1. The largest absolute Gasteiger partial charge is 0.573 e. The van der Waals surface area contributed by atoms with Gasteiger partial charge in [0.1, 0.15) is 0 Å². The molecule has 1 aliphatic rings. The molecule has 1 aliphatic heterocycles. The molecule has 0 bridgehead atoms. The van der Waals surface area contributed by atoms with Crippen molar-refractivity contribution in [3.63, 3.8) is 0 Å². The number of carbonyl (C=O) groups is 1. The Morgan fingerprint density at radius 3 is 2.60 bits per heavy atom. The molecular formula is C25H27ClF3N3O3. The van der Waals surface area contributed by atoms with Gasteiger partial charge in [-0.2, -0.15) is 0 Å². The molecule has 188 valence electrons. The number of alkyl halides is 3. The number of hydrogen-bond acceptors (Lipinski definition) is 4. The summed E-state index contributed by atoms with van der Waals surface area (Å²) in [6.07, 6.45) is -1.81. The summed E-state index contributed by atoms with van der Waals surface area (Å²) < 4.78 is 50.0. The number of piperidine rings is 1. The van der Waals surface area contributed by atoms with Crippen LogP contribution in [0.5, 0.6) is 5.75 Å². The van der Waals surface area contributed by atoms with Crippen molar-refractivity contribution in [2.45, 2.75) is 38.2 Å². The van der Waals surface area contributed by atoms with Crippen LogP contribution >= 0.6 is 11.6 Å². The van der Waals surface area contributed by atoms with Crippen LogP contribution in [-0.4, -0.2) is 48.5 Å². The number of para-hydroxylation sites is 1. The van der Waals surface area contributed by atoms with Crippen molar-refractivity contribution in [1.29, 1.82) is 0 Å². The third-order valence-corrected chi connectivity index (χ3v) is 6.72. The smallest absolute Gasteiger partial charge is 0.404 e. The lowest BCUT2D eigenvalue weighted by atomic mass is 9.88. The van der Waals surface area contributed by atoms with E-state index in [9.17, 15) is 18.0 Å². The van der Waals surface area contributed by atoms with Gasteiger partial charge in [0.25, 0.3) is 5.91 Å². The first-order valence-electron chi connectivity index (χ1n) is 11.4. The van der Waals surface area contributed by atoms with Crippen LogP contribution in [0.1, 0.15) is 40.2 Å². The Morgan fingerprint density at radius 1 is 1.20 bits per heavy atom. The second kappa shape index (κ2) is 10.5. The minimum Gasteiger partial charge on any atom is -0.404 e. The highest BCUT2D eigenvalue weighted by atomic mass is 35.5. The summed E-state index contributed by atoms with van der Waals surface area (Å²) in [5.74, 6) is -0.373. The van der Waals surface area contributed by atoms with Gasteiger partial charge < -0.3 is 24.7 Å². The van der Waals surface area contributed by atoms with Gasteiger partial charge in [0.15, 0.2) is 5.75 Å². The molecule has 2 heterocycles. The third kappa shape index (κ3) is 5.58. The van der Waals surface area contributed by atoms with Crippen molar-refractivity contribution < 1.29 is 27.4 Å². The van der Waals surface area contributed by atoms with Crippen LogP contribution in [0.25, 0.3) is 10.9 Å². The fourth-order valence-corrected chi connectivity index (χ4v) is 4.94. The van der Waals surface area contributed by atoms with Gasteiger partial charge in [0.2, 0.25) is 0 Å². The van der Waals surface area contributed by atoms with E-state index in [0.717, 1.165) is 24.0 Å². The van der Waals surface area contributed by atoms with Crippen LogP contribution < -0.4 is 10.5 Å². The van der Waals surface area contributed by atoms with Gasteiger partial charge in [-0.3, -0.25) is 4.79 Å². The number of carbonyl (C=O) groups excluding carboxylic acids is 1. The molecular weight excluding hydrogens is 483 g/mol. The lowest BCUT2D eigenvalue weighted by Crippen LogP contribution is -2.38. The predicted molar refractivity (Wildman–Crippen MR) is 128 cm³/mol. The summed E-state index contributed by atoms with van der Waals surface area (Å²) in [7, 11) is 1.50. The number of aromatic nitrogens is 1. The average molecular weight is 510 g/mol. The number of nitrogens with zero attached hydrogens (tertiary/aromatic N) is 2. The summed E-state index contributed by atoms with van der Waals surface area (Å²) in [5.41, 5.74) is 8.36. The molecule has 4 rings (SSSR count). The summed E-state index contributed by atoms with van der Waals surface area (Å²) >= 11 is 6.43. The average Bonchev–Trinajstić information content (AvgIpc) is 3.21. The molecule has 0 atom stereocenters. The molecule has 10 heteroatoms. The Hall–Kier alpha value is -2.75. The van der Waals surface area contributed by atoms with Gasteiger partial charge in [-0.15, -0.1) is 13.2 Å². The predicted octanol–water partition coefficient (Wildman–Crippen LogP) is 5.32. The van der Waals surface area contributed by atoms with Crippen LogP contribution in [0.2, 0.25) is 5.02 Å². The second-order valence-corrected chi connectivity index (χ2v) is 8.96. The minimum atomic E-state index is -4.85. The molecule has 0 unspecified atom stereocenters. The van der Waals surface area contributed by atoms with E-state index in [1.807, 2.05) is 18.2 Å². The number of amides is 1. The molecule has 2 aromatic carbocycles. The molecule has 1 saturated heterocycles. The quantitative estimate of drug-likeness (QED) is 0.468. The van der Waals surface area contributed by atoms with Crippen molar-refractivity contribution in [2.24, 2.45) is 5.73 Å². The Bertz CT molecular complexity index is 1200. The van der Waals surface area contributed by atoms with E-state index in [0.29, 0.717) is 35.6 Å². The standard InChI is InChI=1S/C25H27ClF3N3O3/c1-34-12-11-32-15-20(18-3-2-4-22(23(18)32)35-25(27,28)29)24(33)31-9-7-17(8-10-31)19-13-16(14-30)5-6-21(19)26/h2-6,13,15,17H,7-12,14,30H2,1H3. The van der Waals surface area contributed by atoms with Crippen molar-refractivity contribution >= 4 is 28.4 Å². The van der Waals surface area contributed by atoms with Gasteiger partial charge in [0.05, 0.1) is 17.7 Å². The summed E-state index contributed by atoms with van der Waals surface area (Å²) in [6.45, 7) is 1.99. The van der Waals surface area contributed by atoms with E-state index >= 15 is 0 Å². The summed E-state index contributed by atoms with van der Waals surface area (Å²) in [4.78, 5) is 15.2. The summed E-state index contributed by atoms with van der Waals surface area (Å²) in [5, 5.41) is 1.10. The first kappa shape index (κ1) is 25.3. The van der Waals surface area contributed by atoms with Gasteiger partial charge in [0, 0.05) is 49.9 Å². The van der Waals surface area contributed by atoms with Crippen LogP contribution in [0.15, 0.2) is 42.6 Å². The Kier molecular flexibility index (Phi) is 7.59. The molecule has 0 aliphatic carbocycles. The number of ether oxygens (including phenoxy) is 2. The molecule has 0 saturated carbocycles. The highest BCUT2D eigenvalue weighted by Gasteiger charge is 2.33. The number of nitrogens with two attached hydrogens (primary N) is 1. The highest BCUT2D eigenvalue weighted by Crippen LogP contribution is 2.36. The molecule has 0 radical (unpaired) electrons. The lowest BCUT2D eigenvalue weighted by Gasteiger charge is -2.32. The zero-order chi connectivity index (χ0) is 25.2. The van der Waals surface area contributed by atoms with Gasteiger partial charge >= 0.3 is 6.36 Å². The van der Waals surface area contributed by atoms with Crippen LogP contribution in [0.3, 0.4) is 0 Å². The molecule has 3 aromatic rings.